The van der Waals surface area contributed by atoms with Crippen LogP contribution in [0.3, 0.4) is 0 Å². The first kappa shape index (κ1) is 10.9. The average Bonchev–Trinajstić information content (AvgIpc) is 2.59. The summed E-state index contributed by atoms with van der Waals surface area (Å²) in [6.45, 7) is 0. The van der Waals surface area contributed by atoms with E-state index in [9.17, 15) is 0 Å². The molecule has 0 aliphatic heterocycles. The summed E-state index contributed by atoms with van der Waals surface area (Å²) in [6, 6.07) is 0. The van der Waals surface area contributed by atoms with Crippen LogP contribution in [0.4, 0.5) is 0 Å². The van der Waals surface area contributed by atoms with Gasteiger partial charge in [-0.3, -0.25) is 0 Å². The van der Waals surface area contributed by atoms with Gasteiger partial charge in [-0.2, -0.15) is 0 Å². The van der Waals surface area contributed by atoms with Crippen LogP contribution in [-0.2, 0) is 0 Å². The zero-order valence-electron chi connectivity index (χ0n) is 9.80. The third kappa shape index (κ3) is 2.72. The lowest BCUT2D eigenvalue weighted by atomic mass is 10.2. The van der Waals surface area contributed by atoms with Crippen molar-refractivity contribution >= 4 is 18.1 Å². The Morgan fingerprint density at radius 2 is 1.00 bits per heavy atom. The highest BCUT2D eigenvalue weighted by molar-refractivity contribution is 7.05. The molecule has 2 saturated carbocycles. The molecule has 2 heteroatoms. The van der Waals surface area contributed by atoms with Gasteiger partial charge in [-0.15, -0.1) is 0 Å². The normalized spacial score (nSPS) is 29.1. The summed E-state index contributed by atoms with van der Waals surface area (Å²) in [5.41, 5.74) is 2.58. The van der Waals surface area contributed by atoms with Crippen molar-refractivity contribution < 1.29 is 0 Å². The predicted molar refractivity (Wildman–Crippen MR) is 70.8 cm³/mol. The minimum Gasteiger partial charge on any atom is -0.0533 e. The van der Waals surface area contributed by atoms with Gasteiger partial charge in [0.25, 0.3) is 0 Å². The molecular formula is C12H26Si2. The van der Waals surface area contributed by atoms with Gasteiger partial charge in [0.1, 0.15) is 0 Å². The Hall–Kier alpha value is 0.434. The number of rotatable bonds is 2. The molecular weight excluding hydrogens is 200 g/mol. The SMILES string of the molecule is [SiH3][SiH](C1CCCCCC1)C1CCCC1. The summed E-state index contributed by atoms with van der Waals surface area (Å²) in [5.74, 6) is 0. The Balaban J connectivity index is 1.84. The van der Waals surface area contributed by atoms with Crippen molar-refractivity contribution in [2.45, 2.75) is 75.3 Å². The molecule has 0 aromatic heterocycles. The van der Waals surface area contributed by atoms with Gasteiger partial charge in [-0.25, -0.2) is 0 Å². The van der Waals surface area contributed by atoms with E-state index in [4.69, 9.17) is 0 Å². The third-order valence-electron chi connectivity index (χ3n) is 4.79. The molecule has 0 amide bonds. The molecule has 0 radical (unpaired) electrons. The van der Waals surface area contributed by atoms with Crippen molar-refractivity contribution in [1.29, 1.82) is 0 Å². The van der Waals surface area contributed by atoms with E-state index in [0.29, 0.717) is 0 Å². The number of hydrogen-bond donors (Lipinski definition) is 0. The zero-order valence-corrected chi connectivity index (χ0v) is 13.0. The van der Waals surface area contributed by atoms with Crippen LogP contribution in [0.25, 0.3) is 0 Å². The van der Waals surface area contributed by atoms with Gasteiger partial charge >= 0.3 is 0 Å². The van der Waals surface area contributed by atoms with Crippen LogP contribution >= 0.6 is 0 Å². The summed E-state index contributed by atoms with van der Waals surface area (Å²) in [7, 11) is 1.38. The van der Waals surface area contributed by atoms with Crippen molar-refractivity contribution in [1.82, 2.24) is 0 Å². The molecule has 0 aromatic carbocycles. The fraction of sp³-hybridized carbons (Fsp3) is 1.00. The van der Waals surface area contributed by atoms with Crippen molar-refractivity contribution in [3.8, 4) is 0 Å². The molecule has 2 aliphatic rings. The van der Waals surface area contributed by atoms with Gasteiger partial charge in [0.2, 0.25) is 0 Å². The maximum Gasteiger partial charge on any atom is 0.0266 e. The quantitative estimate of drug-likeness (QED) is 0.502. The highest BCUT2D eigenvalue weighted by Gasteiger charge is 2.29. The van der Waals surface area contributed by atoms with Gasteiger partial charge in [-0.05, 0) is 9.76 Å². The van der Waals surface area contributed by atoms with Crippen LogP contribution in [0.15, 0.2) is 0 Å². The molecule has 2 rings (SSSR count). The van der Waals surface area contributed by atoms with Crippen molar-refractivity contribution in [2.24, 2.45) is 0 Å². The summed E-state index contributed by atoms with van der Waals surface area (Å²) < 4.78 is 0. The Morgan fingerprint density at radius 1 is 0.643 bits per heavy atom. The van der Waals surface area contributed by atoms with Crippen LogP contribution in [0.5, 0.6) is 0 Å². The molecule has 0 spiro atoms. The largest absolute Gasteiger partial charge is 0.0533 e. The van der Waals surface area contributed by atoms with E-state index in [2.05, 4.69) is 0 Å². The molecule has 0 heterocycles. The topological polar surface area (TPSA) is 0 Å². The van der Waals surface area contributed by atoms with Crippen LogP contribution in [0, 0.1) is 0 Å². The van der Waals surface area contributed by atoms with Crippen LogP contribution in [0.1, 0.15) is 64.2 Å². The first-order valence-corrected chi connectivity index (χ1v) is 12.8. The predicted octanol–water partition coefficient (Wildman–Crippen LogP) is 2.74. The first-order chi connectivity index (χ1) is 6.88. The van der Waals surface area contributed by atoms with Crippen molar-refractivity contribution in [3.05, 3.63) is 0 Å². The summed E-state index contributed by atoms with van der Waals surface area (Å²) in [6.07, 6.45) is 15.9. The second kappa shape index (κ2) is 5.50. The van der Waals surface area contributed by atoms with E-state index in [0.717, 1.165) is 0 Å². The summed E-state index contributed by atoms with van der Waals surface area (Å²) in [4.78, 5) is 0. The lowest BCUT2D eigenvalue weighted by Crippen LogP contribution is -2.26. The fourth-order valence-electron chi connectivity index (χ4n) is 3.70. The minimum absolute atomic E-state index is 0.226. The van der Waals surface area contributed by atoms with Crippen LogP contribution < -0.4 is 0 Å². The van der Waals surface area contributed by atoms with E-state index >= 15 is 0 Å². The van der Waals surface area contributed by atoms with Gasteiger partial charge < -0.3 is 0 Å². The molecule has 0 bridgehead atoms. The highest BCUT2D eigenvalue weighted by Crippen LogP contribution is 2.40. The molecule has 1 unspecified atom stereocenters. The molecule has 0 saturated heterocycles. The lowest BCUT2D eigenvalue weighted by Gasteiger charge is -2.26. The molecule has 0 nitrogen and oxygen atoms in total. The van der Waals surface area contributed by atoms with Gasteiger partial charge in [0, 0.05) is 8.31 Å². The summed E-state index contributed by atoms with van der Waals surface area (Å²) in [5, 5.41) is 0. The van der Waals surface area contributed by atoms with E-state index in [1.807, 2.05) is 0 Å². The van der Waals surface area contributed by atoms with Crippen LogP contribution in [0.2, 0.25) is 11.1 Å². The molecule has 1 atom stereocenters. The second-order valence-electron chi connectivity index (χ2n) is 5.66. The average molecular weight is 227 g/mol. The Labute approximate surface area is 93.7 Å². The summed E-state index contributed by atoms with van der Waals surface area (Å²) >= 11 is 0. The smallest absolute Gasteiger partial charge is 0.0266 e. The van der Waals surface area contributed by atoms with Crippen LogP contribution in [-0.4, -0.2) is 18.1 Å². The first-order valence-electron chi connectivity index (χ1n) is 6.88. The number of hydrogen-bond acceptors (Lipinski definition) is 0. The molecule has 0 aromatic rings. The highest BCUT2D eigenvalue weighted by atomic mass is 29.1. The van der Waals surface area contributed by atoms with Gasteiger partial charge in [0.05, 0.1) is 0 Å². The molecule has 2 fully saturated rings. The monoisotopic (exact) mass is 226 g/mol. The van der Waals surface area contributed by atoms with Gasteiger partial charge in [-0.1, -0.05) is 75.3 Å². The minimum atomic E-state index is -0.226. The molecule has 2 aliphatic carbocycles. The Bertz CT molecular complexity index is 156. The molecule has 82 valence electrons. The van der Waals surface area contributed by atoms with Gasteiger partial charge in [0.15, 0.2) is 0 Å². The maximum atomic E-state index is 1.64. The molecule has 14 heavy (non-hydrogen) atoms. The maximum absolute atomic E-state index is 1.64. The van der Waals surface area contributed by atoms with Crippen molar-refractivity contribution in [2.75, 3.05) is 0 Å². The molecule has 0 N–H and O–H groups in total. The Morgan fingerprint density at radius 3 is 1.43 bits per heavy atom. The van der Waals surface area contributed by atoms with E-state index in [1.54, 1.807) is 74.0 Å². The zero-order chi connectivity index (χ0) is 9.80. The van der Waals surface area contributed by atoms with Crippen molar-refractivity contribution in [3.63, 3.8) is 0 Å². The Kier molecular flexibility index (Phi) is 4.30. The lowest BCUT2D eigenvalue weighted by molar-refractivity contribution is 0.671. The second-order valence-corrected chi connectivity index (χ2v) is 13.3. The van der Waals surface area contributed by atoms with E-state index in [1.165, 1.54) is 11.1 Å². The third-order valence-corrected chi connectivity index (χ3v) is 14.8. The standard InChI is InChI=1S/C12H26Si2/c13-14(12-9-5-6-10-12)11-7-3-1-2-4-8-11/h11-12,14H,1-10H2,13H3. The van der Waals surface area contributed by atoms with E-state index < -0.39 is 0 Å². The van der Waals surface area contributed by atoms with E-state index in [-0.39, 0.29) is 8.31 Å². The fourth-order valence-corrected chi connectivity index (χ4v) is 11.5.